The number of carbonyl (C=O) groups excluding carboxylic acids is 3. The number of amides is 2. The molecule has 2 bridgehead atoms. The monoisotopic (exact) mass is 450 g/mol. The van der Waals surface area contributed by atoms with Crippen LogP contribution >= 0.6 is 11.6 Å². The van der Waals surface area contributed by atoms with Gasteiger partial charge in [0.2, 0.25) is 0 Å². The van der Waals surface area contributed by atoms with Crippen molar-refractivity contribution in [2.24, 2.45) is 40.6 Å². The van der Waals surface area contributed by atoms with E-state index in [1.165, 1.54) is 13.3 Å². The quantitative estimate of drug-likeness (QED) is 0.306. The molecule has 1 aromatic heterocycles. The van der Waals surface area contributed by atoms with E-state index in [4.69, 9.17) is 20.8 Å². The predicted octanol–water partition coefficient (Wildman–Crippen LogP) is 3.77. The van der Waals surface area contributed by atoms with Gasteiger partial charge in [-0.05, 0) is 60.4 Å². The van der Waals surface area contributed by atoms with Crippen LogP contribution in [0, 0.1) is 35.5 Å². The Balaban J connectivity index is 1.23. The van der Waals surface area contributed by atoms with Crippen LogP contribution < -0.4 is 0 Å². The molecule has 6 atom stereocenters. The molecule has 1 aromatic carbocycles. The largest absolute Gasteiger partial charge is 0.465 e. The number of methoxy groups -OCH3 is 1. The number of furan rings is 1. The van der Waals surface area contributed by atoms with Gasteiger partial charge in [-0.2, -0.15) is 10.1 Å². The lowest BCUT2D eigenvalue weighted by Gasteiger charge is -2.37. The number of nitrogens with zero attached hydrogens (tertiary/aromatic N) is 2. The zero-order chi connectivity index (χ0) is 22.1. The normalized spacial score (nSPS) is 31.9. The van der Waals surface area contributed by atoms with E-state index in [2.05, 4.69) is 17.3 Å². The fourth-order valence-electron chi connectivity index (χ4n) is 5.69. The molecule has 8 heteroatoms. The van der Waals surface area contributed by atoms with Crippen molar-refractivity contribution in [3.63, 3.8) is 0 Å². The maximum absolute atomic E-state index is 13.0. The summed E-state index contributed by atoms with van der Waals surface area (Å²) >= 11 is 6.07. The summed E-state index contributed by atoms with van der Waals surface area (Å²) < 4.78 is 10.5. The van der Waals surface area contributed by atoms with Crippen molar-refractivity contribution >= 4 is 35.6 Å². The third-order valence-corrected chi connectivity index (χ3v) is 7.55. The fourth-order valence-corrected chi connectivity index (χ4v) is 5.89. The van der Waals surface area contributed by atoms with Gasteiger partial charge in [-0.25, -0.2) is 4.79 Å². The summed E-state index contributed by atoms with van der Waals surface area (Å²) in [5, 5.41) is 5.49. The molecule has 3 fully saturated rings. The van der Waals surface area contributed by atoms with Crippen LogP contribution in [0.1, 0.15) is 22.5 Å². The summed E-state index contributed by atoms with van der Waals surface area (Å²) in [6.45, 7) is 0. The zero-order valence-electron chi connectivity index (χ0n) is 17.1. The highest BCUT2D eigenvalue weighted by Gasteiger charge is 2.67. The number of rotatable bonds is 4. The van der Waals surface area contributed by atoms with Crippen LogP contribution in [-0.4, -0.2) is 36.1 Å². The van der Waals surface area contributed by atoms with Crippen molar-refractivity contribution in [1.82, 2.24) is 5.01 Å². The Kier molecular flexibility index (Phi) is 4.21. The van der Waals surface area contributed by atoms with E-state index in [9.17, 15) is 14.4 Å². The molecule has 162 valence electrons. The van der Waals surface area contributed by atoms with E-state index >= 15 is 0 Å². The molecular formula is C24H19ClN2O5. The van der Waals surface area contributed by atoms with E-state index in [1.54, 1.807) is 30.3 Å². The van der Waals surface area contributed by atoms with Gasteiger partial charge in [0.25, 0.3) is 11.8 Å². The number of halogens is 1. The molecule has 0 unspecified atom stereocenters. The Morgan fingerprint density at radius 3 is 2.47 bits per heavy atom. The van der Waals surface area contributed by atoms with Gasteiger partial charge in [0.1, 0.15) is 11.5 Å². The molecule has 0 spiro atoms. The lowest BCUT2D eigenvalue weighted by atomic mass is 9.63. The molecule has 7 rings (SSSR count). The number of carbonyl (C=O) groups is 3. The first-order valence-corrected chi connectivity index (χ1v) is 10.9. The maximum Gasteiger partial charge on any atom is 0.339 e. The minimum Gasteiger partial charge on any atom is -0.465 e. The number of ether oxygens (including phenoxy) is 1. The molecular weight excluding hydrogens is 432 g/mol. The minimum absolute atomic E-state index is 0.163. The zero-order valence-corrected chi connectivity index (χ0v) is 17.9. The van der Waals surface area contributed by atoms with Crippen LogP contribution in [0.25, 0.3) is 11.3 Å². The van der Waals surface area contributed by atoms with Crippen molar-refractivity contribution in [3.8, 4) is 11.3 Å². The third-order valence-electron chi connectivity index (χ3n) is 7.22. The highest BCUT2D eigenvalue weighted by Crippen LogP contribution is 2.65. The number of benzene rings is 1. The maximum atomic E-state index is 13.0. The smallest absolute Gasteiger partial charge is 0.339 e. The van der Waals surface area contributed by atoms with E-state index in [0.29, 0.717) is 28.9 Å². The van der Waals surface area contributed by atoms with E-state index < -0.39 is 5.97 Å². The van der Waals surface area contributed by atoms with Gasteiger partial charge in [0, 0.05) is 5.56 Å². The van der Waals surface area contributed by atoms with Gasteiger partial charge in [0.05, 0.1) is 35.7 Å². The van der Waals surface area contributed by atoms with E-state index in [0.717, 1.165) is 11.4 Å². The van der Waals surface area contributed by atoms with Crippen LogP contribution in [0.2, 0.25) is 5.02 Å². The molecule has 0 radical (unpaired) electrons. The van der Waals surface area contributed by atoms with Gasteiger partial charge < -0.3 is 9.15 Å². The lowest BCUT2D eigenvalue weighted by molar-refractivity contribution is -0.140. The summed E-state index contributed by atoms with van der Waals surface area (Å²) in [5.41, 5.74) is 0.867. The number of hydrogen-bond acceptors (Lipinski definition) is 6. The Morgan fingerprint density at radius 2 is 1.81 bits per heavy atom. The predicted molar refractivity (Wildman–Crippen MR) is 115 cm³/mol. The van der Waals surface area contributed by atoms with Gasteiger partial charge >= 0.3 is 5.97 Å². The standard InChI is InChI=1S/C24H19ClN2O5/c1-31-24(30)17-8-11(2-6-18(17)25)19-7-3-12(32-19)10-26-27-22(28)20-13-4-5-14(16-9-15(13)16)21(20)23(27)29/h2-8,10,13-16,20-21H,9H2,1H3/b26-10-/t13-,14+,15-,16+,20-,21+. The van der Waals surface area contributed by atoms with Crippen molar-refractivity contribution in [2.75, 3.05) is 7.11 Å². The SMILES string of the molecule is COC(=O)c1cc(-c2ccc(/C=N\N3C(=O)[C@@H]4[C@@H]5C=C[C@@H]([C@@H]6C[C@H]56)[C@@H]4C3=O)o2)ccc1Cl. The molecule has 2 aromatic rings. The number of allylic oxidation sites excluding steroid dienone is 2. The average molecular weight is 451 g/mol. The molecule has 1 saturated heterocycles. The highest BCUT2D eigenvalue weighted by atomic mass is 35.5. The molecule has 32 heavy (non-hydrogen) atoms. The van der Waals surface area contributed by atoms with Crippen LogP contribution in [0.15, 0.2) is 52.0 Å². The summed E-state index contributed by atoms with van der Waals surface area (Å²) in [6, 6.07) is 8.30. The summed E-state index contributed by atoms with van der Waals surface area (Å²) in [4.78, 5) is 37.9. The van der Waals surface area contributed by atoms with Crippen molar-refractivity contribution < 1.29 is 23.5 Å². The van der Waals surface area contributed by atoms with Gasteiger partial charge in [-0.3, -0.25) is 9.59 Å². The second-order valence-corrected chi connectivity index (χ2v) is 9.18. The molecule has 2 amide bonds. The lowest BCUT2D eigenvalue weighted by Crippen LogP contribution is -2.40. The average Bonchev–Trinajstić information content (AvgIpc) is 3.44. The summed E-state index contributed by atoms with van der Waals surface area (Å²) in [6.07, 6.45) is 6.76. The summed E-state index contributed by atoms with van der Waals surface area (Å²) in [5.74, 6) is 0.763. The second-order valence-electron chi connectivity index (χ2n) is 8.78. The van der Waals surface area contributed by atoms with Crippen molar-refractivity contribution in [1.29, 1.82) is 0 Å². The molecule has 7 nitrogen and oxygen atoms in total. The molecule has 4 aliphatic carbocycles. The Labute approximate surface area is 188 Å². The minimum atomic E-state index is -0.543. The topological polar surface area (TPSA) is 89.2 Å². The van der Waals surface area contributed by atoms with Crippen LogP contribution in [0.3, 0.4) is 0 Å². The molecule has 2 heterocycles. The Bertz CT molecular complexity index is 1190. The third kappa shape index (κ3) is 2.73. The Morgan fingerprint density at radius 1 is 1.12 bits per heavy atom. The van der Waals surface area contributed by atoms with Crippen LogP contribution in [0.4, 0.5) is 0 Å². The van der Waals surface area contributed by atoms with Gasteiger partial charge in [-0.15, -0.1) is 0 Å². The van der Waals surface area contributed by atoms with Gasteiger partial charge in [0.15, 0.2) is 0 Å². The molecule has 0 N–H and O–H groups in total. The van der Waals surface area contributed by atoms with E-state index in [1.807, 2.05) is 0 Å². The highest BCUT2D eigenvalue weighted by molar-refractivity contribution is 6.33. The molecule has 2 saturated carbocycles. The number of hydrazone groups is 1. The fraction of sp³-hybridized carbons (Fsp3) is 0.333. The van der Waals surface area contributed by atoms with Crippen LogP contribution in [0.5, 0.6) is 0 Å². The first-order valence-electron chi connectivity index (χ1n) is 10.6. The number of hydrogen-bond donors (Lipinski definition) is 0. The second kappa shape index (κ2) is 6.90. The van der Waals surface area contributed by atoms with E-state index in [-0.39, 0.29) is 46.1 Å². The summed E-state index contributed by atoms with van der Waals surface area (Å²) in [7, 11) is 1.29. The van der Waals surface area contributed by atoms with Crippen molar-refractivity contribution in [2.45, 2.75) is 6.42 Å². The number of esters is 1. The number of imide groups is 1. The van der Waals surface area contributed by atoms with Crippen molar-refractivity contribution in [3.05, 3.63) is 58.8 Å². The first-order chi connectivity index (χ1) is 15.5. The molecule has 5 aliphatic rings. The first kappa shape index (κ1) is 19.5. The Hall–Kier alpha value is -3.19. The van der Waals surface area contributed by atoms with Crippen LogP contribution in [-0.2, 0) is 14.3 Å². The molecule has 1 aliphatic heterocycles. The van der Waals surface area contributed by atoms with Gasteiger partial charge in [-0.1, -0.05) is 23.8 Å².